The van der Waals surface area contributed by atoms with Crippen LogP contribution < -0.4 is 0 Å². The highest BCUT2D eigenvalue weighted by molar-refractivity contribution is 6.19. The normalized spacial score (nSPS) is 10.9. The van der Waals surface area contributed by atoms with Crippen LogP contribution in [0.3, 0.4) is 0 Å². The summed E-state index contributed by atoms with van der Waals surface area (Å²) in [6, 6.07) is 84.5. The van der Waals surface area contributed by atoms with Crippen molar-refractivity contribution in [1.29, 1.82) is 0 Å². The minimum Gasteiger partial charge on any atom is -0.289 e. The summed E-state index contributed by atoms with van der Waals surface area (Å²) in [6.07, 6.45) is 3.71. The molecule has 10 aromatic rings. The Kier molecular flexibility index (Phi) is 11.7. The Morgan fingerprint density at radius 2 is 0.576 bits per heavy atom. The third-order valence-corrected chi connectivity index (χ3v) is 12.5. The van der Waals surface area contributed by atoms with Crippen molar-refractivity contribution in [1.82, 2.24) is 0 Å². The van der Waals surface area contributed by atoms with Crippen molar-refractivity contribution in [2.45, 2.75) is 0 Å². The van der Waals surface area contributed by atoms with E-state index in [9.17, 15) is 0 Å². The first-order chi connectivity index (χ1) is 32.6. The summed E-state index contributed by atoms with van der Waals surface area (Å²) < 4.78 is 0. The van der Waals surface area contributed by atoms with Gasteiger partial charge in [0.2, 0.25) is 0 Å². The lowest BCUT2D eigenvalue weighted by molar-refractivity contribution is 0.104. The van der Waals surface area contributed by atoms with Crippen LogP contribution in [0.5, 0.6) is 0 Å². The summed E-state index contributed by atoms with van der Waals surface area (Å²) in [5, 5.41) is 0. The van der Waals surface area contributed by atoms with Gasteiger partial charge in [0.05, 0.1) is 0 Å². The first-order valence-corrected chi connectivity index (χ1v) is 22.3. The van der Waals surface area contributed by atoms with E-state index in [1.54, 1.807) is 0 Å². The Bertz CT molecular complexity index is 3120. The minimum atomic E-state index is -0.0593. The average molecular weight is 843 g/mol. The molecule has 0 saturated carbocycles. The maximum Gasteiger partial charge on any atom is 0.194 e. The van der Waals surface area contributed by atoms with Crippen LogP contribution in [0.4, 0.5) is 0 Å². The predicted octanol–water partition coefficient (Wildman–Crippen LogP) is 17.5. The van der Waals surface area contributed by atoms with Crippen LogP contribution in [0, 0.1) is 0 Å². The fourth-order valence-electron chi connectivity index (χ4n) is 9.18. The number of hydrogen-bond donors (Lipinski definition) is 0. The van der Waals surface area contributed by atoms with Crippen molar-refractivity contribution in [3.05, 3.63) is 278 Å². The van der Waals surface area contributed by atoms with Gasteiger partial charge in [-0.05, 0) is 101 Å². The molecule has 0 radical (unpaired) electrons. The number of hydrogen-bond acceptors (Lipinski definition) is 1. The SMILES string of the molecule is C=Cc1ccc(-c2cccc(C(=O)c3cccc(-c4ccc(C=C)cc4)c3-c3ccc(-c4ccccc4)c(-c4ccccc4)c3)c2-c2ccc(-c3ccccc3)c(-c3ccccc3)c2)cc1. The molecule has 0 atom stereocenters. The Labute approximate surface area is 388 Å². The largest absolute Gasteiger partial charge is 0.289 e. The van der Waals surface area contributed by atoms with Crippen molar-refractivity contribution in [2.75, 3.05) is 0 Å². The molecule has 0 spiro atoms. The van der Waals surface area contributed by atoms with E-state index in [1.165, 1.54) is 0 Å². The molecule has 1 nitrogen and oxygen atoms in total. The van der Waals surface area contributed by atoms with Crippen molar-refractivity contribution in [2.24, 2.45) is 0 Å². The van der Waals surface area contributed by atoms with Crippen molar-refractivity contribution in [3.63, 3.8) is 0 Å². The van der Waals surface area contributed by atoms with E-state index >= 15 is 4.79 Å². The molecule has 66 heavy (non-hydrogen) atoms. The summed E-state index contributed by atoms with van der Waals surface area (Å²) >= 11 is 0. The van der Waals surface area contributed by atoms with Crippen LogP contribution in [0.1, 0.15) is 27.0 Å². The third kappa shape index (κ3) is 8.18. The first-order valence-electron chi connectivity index (χ1n) is 22.3. The van der Waals surface area contributed by atoms with E-state index in [2.05, 4.69) is 207 Å². The lowest BCUT2D eigenvalue weighted by Crippen LogP contribution is -2.08. The minimum absolute atomic E-state index is 0.0593. The van der Waals surface area contributed by atoms with Crippen molar-refractivity contribution < 1.29 is 4.79 Å². The number of carbonyl (C=O) groups is 1. The molecule has 0 aromatic heterocycles. The number of carbonyl (C=O) groups excluding carboxylic acids is 1. The molecule has 312 valence electrons. The fraction of sp³-hybridized carbons (Fsp3) is 0. The van der Waals surface area contributed by atoms with E-state index in [1.807, 2.05) is 60.7 Å². The van der Waals surface area contributed by atoms with E-state index in [0.29, 0.717) is 11.1 Å². The molecule has 0 amide bonds. The van der Waals surface area contributed by atoms with E-state index in [-0.39, 0.29) is 5.78 Å². The van der Waals surface area contributed by atoms with Gasteiger partial charge in [0.25, 0.3) is 0 Å². The van der Waals surface area contributed by atoms with Gasteiger partial charge in [0.15, 0.2) is 5.78 Å². The van der Waals surface area contributed by atoms with Gasteiger partial charge in [-0.2, -0.15) is 0 Å². The van der Waals surface area contributed by atoms with Crippen LogP contribution in [-0.4, -0.2) is 5.78 Å². The van der Waals surface area contributed by atoms with E-state index < -0.39 is 0 Å². The number of benzene rings is 10. The molecule has 0 saturated heterocycles. The van der Waals surface area contributed by atoms with Gasteiger partial charge in [0.1, 0.15) is 0 Å². The predicted molar refractivity (Wildman–Crippen MR) is 280 cm³/mol. The molecule has 0 bridgehead atoms. The molecule has 0 unspecified atom stereocenters. The second kappa shape index (κ2) is 18.6. The molecular weight excluding hydrogens is 797 g/mol. The number of ketones is 1. The zero-order chi connectivity index (χ0) is 44.8. The van der Waals surface area contributed by atoms with Crippen molar-refractivity contribution >= 4 is 17.9 Å². The van der Waals surface area contributed by atoms with Gasteiger partial charge < -0.3 is 0 Å². The molecule has 0 N–H and O–H groups in total. The molecule has 0 aliphatic rings. The van der Waals surface area contributed by atoms with Crippen LogP contribution >= 0.6 is 0 Å². The second-order valence-corrected chi connectivity index (χ2v) is 16.4. The Morgan fingerprint density at radius 3 is 0.909 bits per heavy atom. The highest BCUT2D eigenvalue weighted by atomic mass is 16.1. The highest BCUT2D eigenvalue weighted by Crippen LogP contribution is 2.45. The quantitative estimate of drug-likeness (QED) is 0.112. The van der Waals surface area contributed by atoms with Gasteiger partial charge in [0, 0.05) is 22.3 Å². The van der Waals surface area contributed by atoms with Gasteiger partial charge in [-0.15, -0.1) is 0 Å². The number of rotatable bonds is 12. The summed E-state index contributed by atoms with van der Waals surface area (Å²) in [6.45, 7) is 8.01. The Balaban J connectivity index is 1.23. The molecule has 1 heteroatoms. The van der Waals surface area contributed by atoms with E-state index in [0.717, 1.165) is 100 Å². The molecular formula is C65H46O. The van der Waals surface area contributed by atoms with E-state index in [4.69, 9.17) is 0 Å². The monoisotopic (exact) mass is 842 g/mol. The molecule has 10 rings (SSSR count). The third-order valence-electron chi connectivity index (χ3n) is 12.5. The second-order valence-electron chi connectivity index (χ2n) is 16.4. The van der Waals surface area contributed by atoms with Gasteiger partial charge in [-0.25, -0.2) is 0 Å². The standard InChI is InChI=1S/C65H46O/c1-3-45-31-35-51(36-32-45)57-27-17-29-59(63(57)53-39-41-55(47-19-9-5-10-20-47)61(43-53)49-23-13-7-14-24-49)65(66)60-30-18-28-58(52-37-33-46(4-2)34-38-52)64(60)54-40-42-56(48-21-11-6-12-22-48)62(44-54)50-25-15-8-16-26-50/h3-44H,1-2H2. The zero-order valence-electron chi connectivity index (χ0n) is 36.6. The molecule has 0 heterocycles. The lowest BCUT2D eigenvalue weighted by atomic mass is 9.81. The van der Waals surface area contributed by atoms with Crippen LogP contribution in [0.15, 0.2) is 256 Å². The molecule has 0 fully saturated rings. The van der Waals surface area contributed by atoms with Crippen LogP contribution in [0.2, 0.25) is 0 Å². The first kappa shape index (κ1) is 41.4. The maximum atomic E-state index is 16.1. The van der Waals surface area contributed by atoms with Gasteiger partial charge >= 0.3 is 0 Å². The van der Waals surface area contributed by atoms with Crippen LogP contribution in [0.25, 0.3) is 101 Å². The summed E-state index contributed by atoms with van der Waals surface area (Å²) in [7, 11) is 0. The average Bonchev–Trinajstić information content (AvgIpc) is 3.41. The summed E-state index contributed by atoms with van der Waals surface area (Å²) in [5.41, 5.74) is 19.8. The topological polar surface area (TPSA) is 17.1 Å². The summed E-state index contributed by atoms with van der Waals surface area (Å²) in [5.74, 6) is -0.0593. The molecule has 0 aliphatic heterocycles. The van der Waals surface area contributed by atoms with Crippen molar-refractivity contribution in [3.8, 4) is 89.0 Å². The fourth-order valence-corrected chi connectivity index (χ4v) is 9.18. The van der Waals surface area contributed by atoms with Gasteiger partial charge in [-0.1, -0.05) is 256 Å². The molecule has 10 aromatic carbocycles. The smallest absolute Gasteiger partial charge is 0.194 e. The Morgan fingerprint density at radius 1 is 0.273 bits per heavy atom. The Hall–Kier alpha value is -8.65. The van der Waals surface area contributed by atoms with Gasteiger partial charge in [-0.3, -0.25) is 4.79 Å². The molecule has 0 aliphatic carbocycles. The lowest BCUT2D eigenvalue weighted by Gasteiger charge is -2.21. The van der Waals surface area contributed by atoms with Crippen LogP contribution in [-0.2, 0) is 0 Å². The zero-order valence-corrected chi connectivity index (χ0v) is 36.6. The maximum absolute atomic E-state index is 16.1. The highest BCUT2D eigenvalue weighted by Gasteiger charge is 2.25. The summed E-state index contributed by atoms with van der Waals surface area (Å²) in [4.78, 5) is 16.1.